The van der Waals surface area contributed by atoms with E-state index in [1.54, 1.807) is 18.4 Å². The van der Waals surface area contributed by atoms with Crippen LogP contribution in [-0.2, 0) is 12.8 Å². The number of hydrogen-bond acceptors (Lipinski definition) is 3. The molecular weight excluding hydrogens is 220 g/mol. The summed E-state index contributed by atoms with van der Waals surface area (Å²) in [5, 5.41) is 4.48. The fourth-order valence-electron chi connectivity index (χ4n) is 1.35. The van der Waals surface area contributed by atoms with Crippen molar-refractivity contribution in [1.82, 2.24) is 15.2 Å². The van der Waals surface area contributed by atoms with Crippen molar-refractivity contribution in [3.63, 3.8) is 0 Å². The Hall–Kier alpha value is -1.10. The lowest BCUT2D eigenvalue weighted by molar-refractivity contribution is 0.583. The van der Waals surface area contributed by atoms with E-state index in [1.165, 1.54) is 9.88 Å². The zero-order valence-electron chi connectivity index (χ0n) is 10.4. The van der Waals surface area contributed by atoms with Crippen LogP contribution in [0.2, 0.25) is 0 Å². The molecule has 0 spiro atoms. The van der Waals surface area contributed by atoms with E-state index in [0.29, 0.717) is 0 Å². The van der Waals surface area contributed by atoms with Crippen LogP contribution in [0.25, 0.3) is 0 Å². The summed E-state index contributed by atoms with van der Waals surface area (Å²) in [7, 11) is 5.75. The fourth-order valence-corrected chi connectivity index (χ4v) is 2.21. The van der Waals surface area contributed by atoms with Gasteiger partial charge in [-0.15, -0.1) is 11.3 Å². The molecule has 0 unspecified atom stereocenters. The highest BCUT2D eigenvalue weighted by Gasteiger charge is 2.02. The second kappa shape index (κ2) is 6.48. The summed E-state index contributed by atoms with van der Waals surface area (Å²) in [4.78, 5) is 11.9. The van der Waals surface area contributed by atoms with Gasteiger partial charge in [-0.25, -0.2) is 4.98 Å². The summed E-state index contributed by atoms with van der Waals surface area (Å²) >= 11 is 1.80. The number of thiazole rings is 1. The van der Waals surface area contributed by atoms with Gasteiger partial charge in [-0.1, -0.05) is 6.92 Å². The van der Waals surface area contributed by atoms with E-state index in [0.717, 1.165) is 25.3 Å². The Bertz CT molecular complexity index is 344. The molecule has 90 valence electrons. The summed E-state index contributed by atoms with van der Waals surface area (Å²) in [6.45, 7) is 3.03. The average Bonchev–Trinajstić information content (AvgIpc) is 2.71. The van der Waals surface area contributed by atoms with E-state index < -0.39 is 0 Å². The highest BCUT2D eigenvalue weighted by molar-refractivity contribution is 7.11. The number of aromatic nitrogens is 1. The third kappa shape index (κ3) is 3.81. The average molecular weight is 240 g/mol. The quantitative estimate of drug-likeness (QED) is 0.638. The summed E-state index contributed by atoms with van der Waals surface area (Å²) in [6.07, 6.45) is 4.00. The van der Waals surface area contributed by atoms with Crippen molar-refractivity contribution in [2.45, 2.75) is 19.8 Å². The van der Waals surface area contributed by atoms with Crippen LogP contribution < -0.4 is 5.32 Å². The van der Waals surface area contributed by atoms with Gasteiger partial charge in [0.25, 0.3) is 0 Å². The highest BCUT2D eigenvalue weighted by atomic mass is 32.1. The number of nitrogens with zero attached hydrogens (tertiary/aromatic N) is 3. The van der Waals surface area contributed by atoms with Crippen molar-refractivity contribution in [3.05, 3.63) is 16.1 Å². The molecule has 0 radical (unpaired) electrons. The number of aryl methyl sites for hydroxylation is 1. The molecule has 0 saturated carbocycles. The molecule has 0 fully saturated rings. The smallest absolute Gasteiger partial charge is 0.193 e. The van der Waals surface area contributed by atoms with Crippen molar-refractivity contribution in [1.29, 1.82) is 0 Å². The van der Waals surface area contributed by atoms with E-state index in [1.807, 2.05) is 25.2 Å². The largest absolute Gasteiger partial charge is 0.356 e. The molecule has 1 rings (SSSR count). The maximum Gasteiger partial charge on any atom is 0.193 e. The van der Waals surface area contributed by atoms with Crippen LogP contribution in [0.1, 0.15) is 16.8 Å². The van der Waals surface area contributed by atoms with Crippen LogP contribution in [0.3, 0.4) is 0 Å². The lowest BCUT2D eigenvalue weighted by Gasteiger charge is -2.16. The second-order valence-corrected chi connectivity index (χ2v) is 4.89. The number of nitrogens with one attached hydrogen (secondary N) is 1. The zero-order valence-corrected chi connectivity index (χ0v) is 11.3. The molecule has 0 bridgehead atoms. The molecule has 0 saturated heterocycles. The molecule has 0 atom stereocenters. The molecule has 1 aromatic heterocycles. The number of guanidine groups is 1. The van der Waals surface area contributed by atoms with Crippen LogP contribution in [0.4, 0.5) is 0 Å². The van der Waals surface area contributed by atoms with Gasteiger partial charge < -0.3 is 10.2 Å². The molecule has 1 N–H and O–H groups in total. The van der Waals surface area contributed by atoms with Crippen LogP contribution in [-0.4, -0.2) is 43.5 Å². The van der Waals surface area contributed by atoms with Gasteiger partial charge in [-0.3, -0.25) is 4.99 Å². The predicted octanol–water partition coefficient (Wildman–Crippen LogP) is 1.39. The number of aliphatic imine (C=N–C) groups is 1. The first-order chi connectivity index (χ1) is 7.67. The normalized spacial score (nSPS) is 11.6. The molecule has 0 amide bonds. The molecule has 16 heavy (non-hydrogen) atoms. The van der Waals surface area contributed by atoms with Crippen LogP contribution in [0.5, 0.6) is 0 Å². The minimum absolute atomic E-state index is 0.877. The maximum absolute atomic E-state index is 4.38. The summed E-state index contributed by atoms with van der Waals surface area (Å²) in [6, 6.07) is 0. The minimum Gasteiger partial charge on any atom is -0.356 e. The molecule has 1 aromatic rings. The van der Waals surface area contributed by atoms with Gasteiger partial charge in [0.15, 0.2) is 5.96 Å². The Morgan fingerprint density at radius 1 is 1.56 bits per heavy atom. The predicted molar refractivity (Wildman–Crippen MR) is 70.2 cm³/mol. The van der Waals surface area contributed by atoms with Crippen molar-refractivity contribution < 1.29 is 0 Å². The Labute approximate surface area is 101 Å². The van der Waals surface area contributed by atoms with E-state index >= 15 is 0 Å². The first kappa shape index (κ1) is 13.0. The van der Waals surface area contributed by atoms with Crippen molar-refractivity contribution in [3.8, 4) is 0 Å². The SMILES string of the molecule is CCc1cnc(CCNC(=NC)N(C)C)s1. The van der Waals surface area contributed by atoms with Crippen LogP contribution in [0.15, 0.2) is 11.2 Å². The Morgan fingerprint density at radius 3 is 2.81 bits per heavy atom. The Kier molecular flexibility index (Phi) is 5.25. The monoisotopic (exact) mass is 240 g/mol. The van der Waals surface area contributed by atoms with E-state index in [9.17, 15) is 0 Å². The molecular formula is C11H20N4S. The second-order valence-electron chi connectivity index (χ2n) is 3.69. The van der Waals surface area contributed by atoms with Gasteiger partial charge in [-0.05, 0) is 6.42 Å². The van der Waals surface area contributed by atoms with E-state index in [-0.39, 0.29) is 0 Å². The van der Waals surface area contributed by atoms with Crippen molar-refractivity contribution in [2.24, 2.45) is 4.99 Å². The molecule has 0 aliphatic heterocycles. The molecule has 4 nitrogen and oxygen atoms in total. The first-order valence-corrected chi connectivity index (χ1v) is 6.30. The van der Waals surface area contributed by atoms with E-state index in [4.69, 9.17) is 0 Å². The molecule has 1 heterocycles. The van der Waals surface area contributed by atoms with Gasteiger partial charge in [-0.2, -0.15) is 0 Å². The van der Waals surface area contributed by atoms with Gasteiger partial charge in [0.2, 0.25) is 0 Å². The number of hydrogen-bond donors (Lipinski definition) is 1. The summed E-state index contributed by atoms with van der Waals surface area (Å²) in [5.74, 6) is 0.910. The highest BCUT2D eigenvalue weighted by Crippen LogP contribution is 2.13. The topological polar surface area (TPSA) is 40.5 Å². The maximum atomic E-state index is 4.38. The van der Waals surface area contributed by atoms with Crippen LogP contribution >= 0.6 is 11.3 Å². The lowest BCUT2D eigenvalue weighted by atomic mass is 10.4. The summed E-state index contributed by atoms with van der Waals surface area (Å²) < 4.78 is 0. The first-order valence-electron chi connectivity index (χ1n) is 5.49. The third-order valence-electron chi connectivity index (χ3n) is 2.21. The third-order valence-corrected chi connectivity index (χ3v) is 3.41. The number of rotatable bonds is 4. The van der Waals surface area contributed by atoms with Gasteiger partial charge in [0, 0.05) is 45.2 Å². The van der Waals surface area contributed by atoms with Crippen molar-refractivity contribution >= 4 is 17.3 Å². The van der Waals surface area contributed by atoms with E-state index in [2.05, 4.69) is 22.2 Å². The zero-order chi connectivity index (χ0) is 12.0. The molecule has 5 heteroatoms. The summed E-state index contributed by atoms with van der Waals surface area (Å²) in [5.41, 5.74) is 0. The minimum atomic E-state index is 0.877. The lowest BCUT2D eigenvalue weighted by Crippen LogP contribution is -2.37. The Balaban J connectivity index is 2.35. The molecule has 0 aliphatic carbocycles. The van der Waals surface area contributed by atoms with Crippen LogP contribution in [0, 0.1) is 0 Å². The van der Waals surface area contributed by atoms with Gasteiger partial charge >= 0.3 is 0 Å². The van der Waals surface area contributed by atoms with Crippen molar-refractivity contribution in [2.75, 3.05) is 27.7 Å². The standard InChI is InChI=1S/C11H20N4S/c1-5-9-8-14-10(16-9)6-7-13-11(12-2)15(3)4/h8H,5-7H2,1-4H3,(H,12,13). The van der Waals surface area contributed by atoms with Gasteiger partial charge in [0.1, 0.15) is 0 Å². The molecule has 0 aromatic carbocycles. The van der Waals surface area contributed by atoms with Gasteiger partial charge in [0.05, 0.1) is 5.01 Å². The Morgan fingerprint density at radius 2 is 2.31 bits per heavy atom. The fraction of sp³-hybridized carbons (Fsp3) is 0.636. The molecule has 0 aliphatic rings.